The van der Waals surface area contributed by atoms with Crippen molar-refractivity contribution in [2.75, 3.05) is 13.2 Å². The highest BCUT2D eigenvalue weighted by Gasteiger charge is 2.37. The van der Waals surface area contributed by atoms with Gasteiger partial charge in [0.1, 0.15) is 34.2 Å². The summed E-state index contributed by atoms with van der Waals surface area (Å²) in [6, 6.07) is 22.2. The van der Waals surface area contributed by atoms with E-state index in [0.29, 0.717) is 52.9 Å². The van der Waals surface area contributed by atoms with E-state index >= 15 is 8.78 Å². The molecule has 16 heteroatoms. The molecule has 3 unspecified atom stereocenters. The molecule has 0 saturated carbocycles. The highest BCUT2D eigenvalue weighted by atomic mass is 79.9. The average Bonchev–Trinajstić information content (AvgIpc) is 4.17. The average molecular weight is 1350 g/mol. The Hall–Kier alpha value is -3.06. The Labute approximate surface area is 528 Å². The summed E-state index contributed by atoms with van der Waals surface area (Å²) in [6.07, 6.45) is 31.3. The van der Waals surface area contributed by atoms with E-state index in [-0.39, 0.29) is 17.7 Å². The summed E-state index contributed by atoms with van der Waals surface area (Å²) in [6.45, 7) is 10.4. The molecule has 2 aliphatic rings. The van der Waals surface area contributed by atoms with E-state index in [4.69, 9.17) is 18.2 Å². The summed E-state index contributed by atoms with van der Waals surface area (Å²) in [7, 11) is 0. The first-order chi connectivity index (χ1) is 40.2. The molecule has 6 heterocycles. The van der Waals surface area contributed by atoms with E-state index in [9.17, 15) is 0 Å². The number of rotatable bonds is 36. The largest absolute Gasteiger partial charge is 0.493 e. The van der Waals surface area contributed by atoms with Crippen LogP contribution < -0.4 is 14.2 Å². The molecule has 2 aromatic carbocycles. The van der Waals surface area contributed by atoms with Crippen LogP contribution >= 0.6 is 101 Å². The Kier molecular flexibility index (Phi) is 25.2. The molecule has 0 bridgehead atoms. The number of unbranched alkanes of at least 4 members (excludes halogenated alkanes) is 16. The van der Waals surface area contributed by atoms with Crippen LogP contribution in [0.3, 0.4) is 0 Å². The molecule has 6 nitrogen and oxygen atoms in total. The third-order valence-electron chi connectivity index (χ3n) is 16.0. The molecule has 0 radical (unpaired) electrons. The molecule has 0 spiro atoms. The predicted molar refractivity (Wildman–Crippen MR) is 362 cm³/mol. The maximum atomic E-state index is 16.6. The lowest BCUT2D eigenvalue weighted by Gasteiger charge is -2.23. The van der Waals surface area contributed by atoms with Gasteiger partial charge in [-0.15, -0.1) is 45.3 Å². The highest BCUT2D eigenvalue weighted by molar-refractivity contribution is 9.11. The minimum Gasteiger partial charge on any atom is -0.493 e. The number of nitrogens with zero attached hydrogens (tertiary/aromatic N) is 3. The van der Waals surface area contributed by atoms with E-state index in [0.717, 1.165) is 108 Å². The van der Waals surface area contributed by atoms with Gasteiger partial charge in [-0.1, -0.05) is 156 Å². The van der Waals surface area contributed by atoms with Gasteiger partial charge in [-0.05, 0) is 148 Å². The number of hydrogen-bond donors (Lipinski definition) is 1. The smallest absolute Gasteiger partial charge is 0.134 e. The summed E-state index contributed by atoms with van der Waals surface area (Å²) in [5.41, 5.74) is 6.55. The zero-order chi connectivity index (χ0) is 57.2. The van der Waals surface area contributed by atoms with Crippen molar-refractivity contribution >= 4 is 129 Å². The van der Waals surface area contributed by atoms with Crippen molar-refractivity contribution in [3.63, 3.8) is 0 Å². The monoisotopic (exact) mass is 1350 g/mol. The molecule has 5 aromatic heterocycles. The number of benzene rings is 2. The second-order valence-electron chi connectivity index (χ2n) is 22.2. The first-order valence-corrected chi connectivity index (χ1v) is 36.7. The molecular weight excluding hydrogens is 1270 g/mol. The number of hydrogen-bond acceptors (Lipinski definition) is 12. The fourth-order valence-corrected chi connectivity index (χ4v) is 17.6. The highest BCUT2D eigenvalue weighted by Crippen LogP contribution is 2.50. The molecule has 440 valence electrons. The van der Waals surface area contributed by atoms with E-state index in [2.05, 4.69) is 105 Å². The molecule has 82 heavy (non-hydrogen) atoms. The predicted octanol–water partition coefficient (Wildman–Crippen LogP) is 24.5. The van der Waals surface area contributed by atoms with Crippen LogP contribution in [-0.4, -0.2) is 33.7 Å². The van der Waals surface area contributed by atoms with Crippen LogP contribution in [0.1, 0.15) is 192 Å². The van der Waals surface area contributed by atoms with Crippen LogP contribution in [0, 0.1) is 17.7 Å². The van der Waals surface area contributed by atoms with Gasteiger partial charge in [0.2, 0.25) is 0 Å². The fourth-order valence-electron chi connectivity index (χ4n) is 11.4. The molecule has 1 aliphatic heterocycles. The zero-order valence-corrected chi connectivity index (χ0v) is 56.2. The molecule has 3 atom stereocenters. The van der Waals surface area contributed by atoms with Crippen LogP contribution in [0.25, 0.3) is 63.9 Å². The lowest BCUT2D eigenvalue weighted by atomic mass is 9.89. The van der Waals surface area contributed by atoms with Crippen LogP contribution in [0.2, 0.25) is 0 Å². The van der Waals surface area contributed by atoms with Gasteiger partial charge in [0.05, 0.1) is 67.5 Å². The normalized spacial score (nSPS) is 15.1. The Morgan fingerprint density at radius 1 is 0.512 bits per heavy atom. The number of aromatic nitrogens is 2. The molecule has 0 amide bonds. The lowest BCUT2D eigenvalue weighted by molar-refractivity contribution is 0.220. The molecule has 0 saturated heterocycles. The molecular formula is C66H80Br2F2N4O2S6. The van der Waals surface area contributed by atoms with Crippen molar-refractivity contribution in [1.29, 1.82) is 0 Å². The van der Waals surface area contributed by atoms with Crippen molar-refractivity contribution in [3.05, 3.63) is 102 Å². The Morgan fingerprint density at radius 3 is 1.49 bits per heavy atom. The number of allylic oxidation sites excluding steroid dienone is 2. The third-order valence-corrected chi connectivity index (χ3v) is 22.8. The van der Waals surface area contributed by atoms with Crippen molar-refractivity contribution in [1.82, 2.24) is 13.5 Å². The summed E-state index contributed by atoms with van der Waals surface area (Å²) in [4.78, 5) is 5.58. The quantitative estimate of drug-likeness (QED) is 0.0312. The van der Waals surface area contributed by atoms with Crippen molar-refractivity contribution in [2.45, 2.75) is 188 Å². The molecule has 0 fully saturated rings. The van der Waals surface area contributed by atoms with Crippen LogP contribution in [-0.2, 0) is 0 Å². The Bertz CT molecular complexity index is 3240. The maximum Gasteiger partial charge on any atom is 0.134 e. The second kappa shape index (κ2) is 32.6. The van der Waals surface area contributed by atoms with Gasteiger partial charge < -0.3 is 9.47 Å². The lowest BCUT2D eigenvalue weighted by Crippen LogP contribution is -2.31. The minimum atomic E-state index is -0.315. The van der Waals surface area contributed by atoms with Crippen molar-refractivity contribution < 1.29 is 18.3 Å². The second-order valence-corrected chi connectivity index (χ2v) is 30.5. The number of ether oxygens (including phenoxy) is 2. The van der Waals surface area contributed by atoms with Gasteiger partial charge in [0.15, 0.2) is 0 Å². The minimum absolute atomic E-state index is 0.267. The standard InChI is InChI=1S/C66H80Br2F2N4O2S6/c1-5-9-13-17-19-23-27-43(25-21-15-11-7-3)41-75-51-39-46(54-30-32-56(78-54)48-38-50(70)62(58-34-36-60(68)80-58)66-64(48)72-82-74-66)52(76-42-44(26-22-16-12-8-4)28-24-20-18-14-10-6-2)40-45(51)53-29-31-55(77-53)47-37-49(69)61(57-33-35-59(67)79-57)65-63(47)71-81-73-65/h29-40,43-44,63,71H,5-28,41-42H2,1-4H3. The Morgan fingerprint density at radius 2 is 0.963 bits per heavy atom. The SMILES string of the molecule is CCCCCCCCC(CCCCCC)COc1cc(-c2ccc(-c3cc(F)c(-c4ccc(Br)s4)c4nsnc34)s2)c(OCC(CCCCCC)CCCCCCCC)cc1-c1ccc(C2=CC(F)=C(c3ccc(Br)s3)C3=NSNC23)s1. The van der Waals surface area contributed by atoms with Crippen molar-refractivity contribution in [3.8, 4) is 53.3 Å². The third kappa shape index (κ3) is 16.7. The van der Waals surface area contributed by atoms with Crippen LogP contribution in [0.4, 0.5) is 8.78 Å². The fraction of sp³-hybridized carbons (Fsp3) is 0.500. The first-order valence-electron chi connectivity index (χ1n) is 30.4. The summed E-state index contributed by atoms with van der Waals surface area (Å²) in [5, 5.41) is 0. The summed E-state index contributed by atoms with van der Waals surface area (Å²) in [5.74, 6) is 1.86. The van der Waals surface area contributed by atoms with Gasteiger partial charge in [0.25, 0.3) is 0 Å². The number of halogens is 4. The molecule has 9 rings (SSSR count). The number of fused-ring (bicyclic) bond motifs is 2. The number of thiophene rings is 4. The zero-order valence-electron chi connectivity index (χ0n) is 48.2. The first kappa shape index (κ1) is 63.4. The van der Waals surface area contributed by atoms with Gasteiger partial charge in [0, 0.05) is 46.0 Å². The van der Waals surface area contributed by atoms with E-state index in [1.165, 1.54) is 163 Å². The van der Waals surface area contributed by atoms with Crippen LogP contribution in [0.5, 0.6) is 11.5 Å². The Balaban J connectivity index is 1.12. The van der Waals surface area contributed by atoms with Gasteiger partial charge in [-0.2, -0.15) is 8.75 Å². The maximum absolute atomic E-state index is 16.6. The van der Waals surface area contributed by atoms with Gasteiger partial charge in [-0.25, -0.2) is 17.9 Å². The van der Waals surface area contributed by atoms with Gasteiger partial charge in [-0.3, -0.25) is 0 Å². The van der Waals surface area contributed by atoms with Crippen molar-refractivity contribution in [2.24, 2.45) is 16.2 Å². The van der Waals surface area contributed by atoms with E-state index in [1.807, 2.05) is 24.3 Å². The van der Waals surface area contributed by atoms with E-state index < -0.39 is 0 Å². The van der Waals surface area contributed by atoms with Crippen LogP contribution in [0.15, 0.2) is 90.6 Å². The van der Waals surface area contributed by atoms with Gasteiger partial charge >= 0.3 is 0 Å². The molecule has 7 aromatic rings. The summed E-state index contributed by atoms with van der Waals surface area (Å²) >= 11 is 15.9. The summed E-state index contributed by atoms with van der Waals surface area (Å²) < 4.78 is 67.3. The number of nitrogens with one attached hydrogen (secondary N) is 1. The van der Waals surface area contributed by atoms with E-state index in [1.54, 1.807) is 34.8 Å². The topological polar surface area (TPSA) is 68.6 Å². The molecule has 1 aliphatic carbocycles. The molecule has 1 N–H and O–H groups in total.